The van der Waals surface area contributed by atoms with E-state index >= 15 is 0 Å². The number of aromatic hydroxyl groups is 1. The number of benzene rings is 2. The number of phenolic OH excluding ortho intramolecular Hbond substituents is 1. The normalized spacial score (nSPS) is 17.7. The molecule has 1 saturated heterocycles. The summed E-state index contributed by atoms with van der Waals surface area (Å²) in [6.07, 6.45) is 1.44. The zero-order chi connectivity index (χ0) is 22.7. The van der Waals surface area contributed by atoms with Gasteiger partial charge in [0.05, 0.1) is 23.6 Å². The first-order valence-corrected chi connectivity index (χ1v) is 9.70. The van der Waals surface area contributed by atoms with E-state index in [0.29, 0.717) is 18.5 Å². The van der Waals surface area contributed by atoms with Gasteiger partial charge in [-0.2, -0.15) is 0 Å². The number of hydrogen-bond acceptors (Lipinski definition) is 7. The Balaban J connectivity index is 2.17. The third-order valence-corrected chi connectivity index (χ3v) is 5.16. The van der Waals surface area contributed by atoms with Crippen molar-refractivity contribution in [1.29, 1.82) is 0 Å². The molecule has 0 radical (unpaired) electrons. The van der Waals surface area contributed by atoms with E-state index in [0.717, 1.165) is 6.42 Å². The molecule has 1 unspecified atom stereocenters. The first-order chi connectivity index (χ1) is 14.8. The second-order valence-electron chi connectivity index (χ2n) is 7.08. The van der Waals surface area contributed by atoms with Gasteiger partial charge in [0.1, 0.15) is 5.76 Å². The summed E-state index contributed by atoms with van der Waals surface area (Å²) in [5, 5.41) is 31.7. The number of aliphatic hydroxyl groups excluding tert-OH is 1. The van der Waals surface area contributed by atoms with Gasteiger partial charge in [-0.05, 0) is 36.2 Å². The van der Waals surface area contributed by atoms with Crippen LogP contribution in [0.1, 0.15) is 36.9 Å². The Morgan fingerprint density at radius 1 is 1.19 bits per heavy atom. The highest BCUT2D eigenvalue weighted by Gasteiger charge is 2.46. The van der Waals surface area contributed by atoms with Crippen LogP contribution in [0.2, 0.25) is 0 Å². The lowest BCUT2D eigenvalue weighted by Gasteiger charge is -2.25. The van der Waals surface area contributed by atoms with Crippen LogP contribution in [0.3, 0.4) is 0 Å². The maximum absolute atomic E-state index is 12.9. The number of phenols is 1. The molecule has 2 aromatic carbocycles. The summed E-state index contributed by atoms with van der Waals surface area (Å²) in [6.45, 7) is 2.25. The van der Waals surface area contributed by atoms with E-state index in [1.165, 1.54) is 48.4 Å². The number of nitrogens with zero attached hydrogens (tertiary/aromatic N) is 2. The molecule has 9 heteroatoms. The number of ether oxygens (including phenoxy) is 1. The third kappa shape index (κ3) is 4.07. The lowest BCUT2D eigenvalue weighted by molar-refractivity contribution is -0.384. The van der Waals surface area contributed by atoms with Crippen LogP contribution in [0, 0.1) is 10.1 Å². The highest BCUT2D eigenvalue weighted by molar-refractivity contribution is 6.46. The molecule has 2 N–H and O–H groups in total. The number of non-ortho nitro benzene ring substituents is 1. The van der Waals surface area contributed by atoms with Crippen molar-refractivity contribution in [2.75, 3.05) is 13.7 Å². The van der Waals surface area contributed by atoms with Crippen LogP contribution < -0.4 is 4.74 Å². The molecule has 1 aliphatic rings. The van der Waals surface area contributed by atoms with Crippen molar-refractivity contribution in [1.82, 2.24) is 4.90 Å². The quantitative estimate of drug-likeness (QED) is 0.228. The van der Waals surface area contributed by atoms with Gasteiger partial charge in [0, 0.05) is 24.2 Å². The van der Waals surface area contributed by atoms with Crippen molar-refractivity contribution in [2.24, 2.45) is 0 Å². The Hall–Kier alpha value is -3.88. The minimum Gasteiger partial charge on any atom is -0.507 e. The van der Waals surface area contributed by atoms with Crippen molar-refractivity contribution in [3.05, 3.63) is 69.3 Å². The molecule has 31 heavy (non-hydrogen) atoms. The minimum absolute atomic E-state index is 0.105. The number of rotatable bonds is 7. The molecule has 0 spiro atoms. The molecular formula is C22H22N2O7. The van der Waals surface area contributed by atoms with Gasteiger partial charge in [-0.15, -0.1) is 0 Å². The summed E-state index contributed by atoms with van der Waals surface area (Å²) in [5.41, 5.74) is 0.366. The van der Waals surface area contributed by atoms with Crippen LogP contribution in [0.4, 0.5) is 5.69 Å². The Kier molecular flexibility index (Phi) is 6.24. The number of methoxy groups -OCH3 is 1. The van der Waals surface area contributed by atoms with Gasteiger partial charge in [-0.25, -0.2) is 0 Å². The molecule has 1 aliphatic heterocycles. The van der Waals surface area contributed by atoms with Crippen LogP contribution in [0.5, 0.6) is 11.5 Å². The number of carbonyl (C=O) groups excluding carboxylic acids is 2. The van der Waals surface area contributed by atoms with Crippen molar-refractivity contribution >= 4 is 23.1 Å². The molecule has 162 valence electrons. The lowest BCUT2D eigenvalue weighted by Crippen LogP contribution is -2.30. The van der Waals surface area contributed by atoms with Crippen LogP contribution in [-0.4, -0.2) is 45.4 Å². The van der Waals surface area contributed by atoms with Gasteiger partial charge < -0.3 is 19.8 Å². The van der Waals surface area contributed by atoms with E-state index in [-0.39, 0.29) is 28.3 Å². The summed E-state index contributed by atoms with van der Waals surface area (Å²) >= 11 is 0. The number of unbranched alkanes of at least 4 members (excludes halogenated alkanes) is 1. The van der Waals surface area contributed by atoms with E-state index in [9.17, 15) is 29.9 Å². The van der Waals surface area contributed by atoms with E-state index in [2.05, 4.69) is 0 Å². The number of carbonyl (C=O) groups is 2. The van der Waals surface area contributed by atoms with Gasteiger partial charge in [0.15, 0.2) is 11.5 Å². The van der Waals surface area contributed by atoms with Gasteiger partial charge >= 0.3 is 0 Å². The van der Waals surface area contributed by atoms with Crippen LogP contribution in [0.25, 0.3) is 5.76 Å². The molecule has 1 fully saturated rings. The average Bonchev–Trinajstić information content (AvgIpc) is 3.02. The number of ketones is 1. The number of likely N-dealkylation sites (tertiary alicyclic amines) is 1. The number of nitro benzene ring substituents is 1. The van der Waals surface area contributed by atoms with E-state index < -0.39 is 28.4 Å². The molecular weight excluding hydrogens is 404 g/mol. The van der Waals surface area contributed by atoms with Crippen LogP contribution in [0.15, 0.2) is 48.0 Å². The average molecular weight is 426 g/mol. The van der Waals surface area contributed by atoms with Crippen molar-refractivity contribution in [2.45, 2.75) is 25.8 Å². The van der Waals surface area contributed by atoms with Gasteiger partial charge in [-0.3, -0.25) is 19.7 Å². The monoisotopic (exact) mass is 426 g/mol. The largest absolute Gasteiger partial charge is 0.507 e. The fourth-order valence-corrected chi connectivity index (χ4v) is 3.55. The smallest absolute Gasteiger partial charge is 0.295 e. The fraction of sp³-hybridized carbons (Fsp3) is 0.273. The number of Topliss-reactive ketones (excluding diaryl/α,β-unsaturated/α-hetero) is 1. The molecule has 1 amide bonds. The summed E-state index contributed by atoms with van der Waals surface area (Å²) in [6, 6.07) is 8.62. The Morgan fingerprint density at radius 2 is 1.87 bits per heavy atom. The highest BCUT2D eigenvalue weighted by Crippen LogP contribution is 2.41. The summed E-state index contributed by atoms with van der Waals surface area (Å²) in [5.74, 6) is -1.96. The summed E-state index contributed by atoms with van der Waals surface area (Å²) in [4.78, 5) is 37.3. The molecule has 2 aromatic rings. The Labute approximate surface area is 178 Å². The van der Waals surface area contributed by atoms with Crippen molar-refractivity contribution in [3.63, 3.8) is 0 Å². The molecule has 0 bridgehead atoms. The number of amides is 1. The number of aliphatic hydroxyl groups is 1. The Morgan fingerprint density at radius 3 is 2.45 bits per heavy atom. The number of nitro groups is 1. The van der Waals surface area contributed by atoms with Crippen molar-refractivity contribution < 1.29 is 29.5 Å². The maximum Gasteiger partial charge on any atom is 0.295 e. The third-order valence-electron chi connectivity index (χ3n) is 5.16. The molecule has 0 aromatic heterocycles. The summed E-state index contributed by atoms with van der Waals surface area (Å²) in [7, 11) is 1.38. The molecule has 0 aliphatic carbocycles. The zero-order valence-corrected chi connectivity index (χ0v) is 17.1. The first kappa shape index (κ1) is 21.8. The first-order valence-electron chi connectivity index (χ1n) is 9.70. The van der Waals surface area contributed by atoms with Crippen LogP contribution >= 0.6 is 0 Å². The molecule has 9 nitrogen and oxygen atoms in total. The summed E-state index contributed by atoms with van der Waals surface area (Å²) < 4.78 is 5.15. The highest BCUT2D eigenvalue weighted by atomic mass is 16.6. The predicted octanol–water partition coefficient (Wildman–Crippen LogP) is 3.53. The molecule has 1 atom stereocenters. The lowest BCUT2D eigenvalue weighted by atomic mass is 9.95. The van der Waals surface area contributed by atoms with E-state index in [1.807, 2.05) is 6.92 Å². The van der Waals surface area contributed by atoms with Gasteiger partial charge in [0.2, 0.25) is 0 Å². The van der Waals surface area contributed by atoms with Gasteiger partial charge in [0.25, 0.3) is 17.4 Å². The standard InChI is InChI=1S/C22H22N2O7/c1-3-4-11-23-19(14-7-10-16(25)17(12-14)31-2)18(21(27)22(23)28)20(26)13-5-8-15(9-6-13)24(29)30/h5-10,12,19,25-26H,3-4,11H2,1-2H3. The van der Waals surface area contributed by atoms with E-state index in [4.69, 9.17) is 4.74 Å². The number of hydrogen-bond donors (Lipinski definition) is 2. The van der Waals surface area contributed by atoms with E-state index in [1.54, 1.807) is 6.07 Å². The molecule has 1 heterocycles. The van der Waals surface area contributed by atoms with Gasteiger partial charge in [-0.1, -0.05) is 19.4 Å². The van der Waals surface area contributed by atoms with Crippen LogP contribution in [-0.2, 0) is 9.59 Å². The second kappa shape index (κ2) is 8.86. The predicted molar refractivity (Wildman–Crippen MR) is 112 cm³/mol. The molecule has 0 saturated carbocycles. The SMILES string of the molecule is CCCCN1C(=O)C(=O)C(=C(O)c2ccc([N+](=O)[O-])cc2)C1c1ccc(O)c(OC)c1. The molecule has 3 rings (SSSR count). The zero-order valence-electron chi connectivity index (χ0n) is 17.1. The minimum atomic E-state index is -0.892. The second-order valence-corrected chi connectivity index (χ2v) is 7.08. The fourth-order valence-electron chi connectivity index (χ4n) is 3.55. The maximum atomic E-state index is 12.9. The Bertz CT molecular complexity index is 1060. The topological polar surface area (TPSA) is 130 Å². The van der Waals surface area contributed by atoms with Crippen molar-refractivity contribution in [3.8, 4) is 11.5 Å².